The maximum atomic E-state index is 11.5. The van der Waals surface area contributed by atoms with Gasteiger partial charge in [-0.1, -0.05) is 13.8 Å². The van der Waals surface area contributed by atoms with Crippen LogP contribution >= 0.6 is 24.0 Å². The third-order valence-corrected chi connectivity index (χ3v) is 3.36. The Labute approximate surface area is 93.7 Å². The lowest BCUT2D eigenvalue weighted by Gasteiger charge is -2.15. The van der Waals surface area contributed by atoms with Gasteiger partial charge in [-0.3, -0.25) is 0 Å². The van der Waals surface area contributed by atoms with Gasteiger partial charge in [-0.2, -0.15) is 0 Å². The SMILES string of the molecule is CC(C)C(C)OC(=O)c1cc(S)cs1. The highest BCUT2D eigenvalue weighted by Crippen LogP contribution is 2.19. The summed E-state index contributed by atoms with van der Waals surface area (Å²) in [6, 6.07) is 1.73. The fraction of sp³-hybridized carbons (Fsp3) is 0.500. The van der Waals surface area contributed by atoms with Gasteiger partial charge in [0.05, 0.1) is 0 Å². The largest absolute Gasteiger partial charge is 0.458 e. The van der Waals surface area contributed by atoms with Crippen molar-refractivity contribution in [2.45, 2.75) is 31.8 Å². The minimum absolute atomic E-state index is 0.0482. The van der Waals surface area contributed by atoms with Crippen molar-refractivity contribution in [3.63, 3.8) is 0 Å². The molecule has 1 atom stereocenters. The highest BCUT2D eigenvalue weighted by molar-refractivity contribution is 7.80. The van der Waals surface area contributed by atoms with Gasteiger partial charge in [0.2, 0.25) is 0 Å². The zero-order valence-corrected chi connectivity index (χ0v) is 10.2. The van der Waals surface area contributed by atoms with Crippen LogP contribution in [0.15, 0.2) is 16.3 Å². The van der Waals surface area contributed by atoms with E-state index in [0.29, 0.717) is 10.8 Å². The van der Waals surface area contributed by atoms with Crippen LogP contribution in [0.5, 0.6) is 0 Å². The van der Waals surface area contributed by atoms with Crippen molar-refractivity contribution in [3.05, 3.63) is 16.3 Å². The Bertz CT molecular complexity index is 318. The van der Waals surface area contributed by atoms with E-state index < -0.39 is 0 Å². The van der Waals surface area contributed by atoms with E-state index in [1.165, 1.54) is 11.3 Å². The van der Waals surface area contributed by atoms with Gasteiger partial charge in [0.1, 0.15) is 11.0 Å². The molecule has 0 aliphatic rings. The molecule has 0 radical (unpaired) electrons. The summed E-state index contributed by atoms with van der Waals surface area (Å²) in [4.78, 5) is 12.9. The predicted octanol–water partition coefficient (Wildman–Crippen LogP) is 3.24. The summed E-state index contributed by atoms with van der Waals surface area (Å²) < 4.78 is 5.25. The van der Waals surface area contributed by atoms with E-state index in [2.05, 4.69) is 12.6 Å². The van der Waals surface area contributed by atoms with E-state index in [-0.39, 0.29) is 12.1 Å². The van der Waals surface area contributed by atoms with Gasteiger partial charge in [-0.15, -0.1) is 24.0 Å². The third-order valence-electron chi connectivity index (χ3n) is 2.02. The van der Waals surface area contributed by atoms with Gasteiger partial charge in [0.15, 0.2) is 0 Å². The molecule has 1 aromatic rings. The monoisotopic (exact) mass is 230 g/mol. The normalized spacial score (nSPS) is 12.9. The molecule has 1 aromatic heterocycles. The highest BCUT2D eigenvalue weighted by Gasteiger charge is 2.15. The van der Waals surface area contributed by atoms with Crippen molar-refractivity contribution in [2.24, 2.45) is 5.92 Å². The summed E-state index contributed by atoms with van der Waals surface area (Å²) in [5, 5.41) is 1.82. The molecular weight excluding hydrogens is 216 g/mol. The first-order chi connectivity index (χ1) is 6.50. The Morgan fingerprint density at radius 1 is 1.50 bits per heavy atom. The first kappa shape index (κ1) is 11.6. The van der Waals surface area contributed by atoms with Crippen LogP contribution in [0.2, 0.25) is 0 Å². The first-order valence-electron chi connectivity index (χ1n) is 4.49. The van der Waals surface area contributed by atoms with Crippen molar-refractivity contribution >= 4 is 29.9 Å². The zero-order valence-electron chi connectivity index (χ0n) is 8.48. The van der Waals surface area contributed by atoms with Crippen LogP contribution in [0.4, 0.5) is 0 Å². The van der Waals surface area contributed by atoms with E-state index in [1.54, 1.807) is 6.07 Å². The summed E-state index contributed by atoms with van der Waals surface area (Å²) in [7, 11) is 0. The number of esters is 1. The minimum atomic E-state index is -0.253. The lowest BCUT2D eigenvalue weighted by atomic mass is 10.1. The molecule has 78 valence electrons. The summed E-state index contributed by atoms with van der Waals surface area (Å²) in [5.74, 6) is 0.0888. The van der Waals surface area contributed by atoms with Gasteiger partial charge in [-0.05, 0) is 18.9 Å². The van der Waals surface area contributed by atoms with Crippen LogP contribution in [0.25, 0.3) is 0 Å². The maximum absolute atomic E-state index is 11.5. The van der Waals surface area contributed by atoms with Crippen LogP contribution in [-0.4, -0.2) is 12.1 Å². The van der Waals surface area contributed by atoms with E-state index >= 15 is 0 Å². The van der Waals surface area contributed by atoms with Crippen LogP contribution < -0.4 is 0 Å². The van der Waals surface area contributed by atoms with Crippen molar-refractivity contribution in [1.29, 1.82) is 0 Å². The van der Waals surface area contributed by atoms with Crippen LogP contribution in [0.1, 0.15) is 30.4 Å². The molecule has 4 heteroatoms. The lowest BCUT2D eigenvalue weighted by molar-refractivity contribution is 0.0243. The van der Waals surface area contributed by atoms with Gasteiger partial charge in [0.25, 0.3) is 0 Å². The Morgan fingerprint density at radius 2 is 2.14 bits per heavy atom. The summed E-state index contributed by atoms with van der Waals surface area (Å²) in [6.07, 6.45) is -0.0482. The maximum Gasteiger partial charge on any atom is 0.348 e. The average Bonchev–Trinajstić information content (AvgIpc) is 2.51. The van der Waals surface area contributed by atoms with E-state index in [1.807, 2.05) is 26.2 Å². The van der Waals surface area contributed by atoms with Crippen LogP contribution in [-0.2, 0) is 4.74 Å². The van der Waals surface area contributed by atoms with E-state index in [0.717, 1.165) is 4.90 Å². The number of carbonyl (C=O) groups excluding carboxylic acids is 1. The summed E-state index contributed by atoms with van der Waals surface area (Å²) in [5.41, 5.74) is 0. The molecule has 0 aromatic carbocycles. The lowest BCUT2D eigenvalue weighted by Crippen LogP contribution is -2.19. The molecule has 0 saturated heterocycles. The fourth-order valence-corrected chi connectivity index (χ4v) is 1.83. The Balaban J connectivity index is 2.59. The van der Waals surface area contributed by atoms with Crippen molar-refractivity contribution in [2.75, 3.05) is 0 Å². The molecule has 0 saturated carbocycles. The van der Waals surface area contributed by atoms with Gasteiger partial charge < -0.3 is 4.74 Å². The zero-order chi connectivity index (χ0) is 10.7. The molecule has 0 aliphatic carbocycles. The quantitative estimate of drug-likeness (QED) is 0.637. The van der Waals surface area contributed by atoms with Gasteiger partial charge in [-0.25, -0.2) is 4.79 Å². The Hall–Kier alpha value is -0.480. The average molecular weight is 230 g/mol. The second-order valence-corrected chi connectivity index (χ2v) is 4.95. The highest BCUT2D eigenvalue weighted by atomic mass is 32.1. The third kappa shape index (κ3) is 3.03. The molecule has 0 amide bonds. The molecule has 0 fully saturated rings. The molecule has 1 heterocycles. The molecular formula is C10H14O2S2. The van der Waals surface area contributed by atoms with E-state index in [9.17, 15) is 4.79 Å². The number of thiol groups is 1. The van der Waals surface area contributed by atoms with Crippen molar-refractivity contribution in [3.8, 4) is 0 Å². The van der Waals surface area contributed by atoms with Gasteiger partial charge in [0, 0.05) is 10.3 Å². The van der Waals surface area contributed by atoms with Crippen LogP contribution in [0, 0.1) is 5.92 Å². The van der Waals surface area contributed by atoms with Crippen molar-refractivity contribution in [1.82, 2.24) is 0 Å². The number of carbonyl (C=O) groups is 1. The number of hydrogen-bond donors (Lipinski definition) is 1. The fourth-order valence-electron chi connectivity index (χ4n) is 0.796. The van der Waals surface area contributed by atoms with Crippen molar-refractivity contribution < 1.29 is 9.53 Å². The smallest absolute Gasteiger partial charge is 0.348 e. The molecule has 1 rings (SSSR count). The standard InChI is InChI=1S/C10H14O2S2/c1-6(2)7(3)12-10(11)9-4-8(13)5-14-9/h4-7,13H,1-3H3. The first-order valence-corrected chi connectivity index (χ1v) is 5.82. The predicted molar refractivity (Wildman–Crippen MR) is 61.3 cm³/mol. The summed E-state index contributed by atoms with van der Waals surface area (Å²) >= 11 is 5.49. The Kier molecular flexibility index (Phi) is 4.01. The van der Waals surface area contributed by atoms with Crippen LogP contribution in [0.3, 0.4) is 0 Å². The molecule has 0 spiro atoms. The topological polar surface area (TPSA) is 26.3 Å². The molecule has 0 bridgehead atoms. The molecule has 0 N–H and O–H groups in total. The molecule has 14 heavy (non-hydrogen) atoms. The molecule has 0 aliphatic heterocycles. The number of hydrogen-bond acceptors (Lipinski definition) is 4. The second kappa shape index (κ2) is 4.84. The minimum Gasteiger partial charge on any atom is -0.458 e. The number of thiophene rings is 1. The molecule has 1 unspecified atom stereocenters. The number of ether oxygens (including phenoxy) is 1. The number of rotatable bonds is 3. The van der Waals surface area contributed by atoms with Gasteiger partial charge >= 0.3 is 5.97 Å². The summed E-state index contributed by atoms with van der Waals surface area (Å²) in [6.45, 7) is 5.95. The molecule has 2 nitrogen and oxygen atoms in total. The Morgan fingerprint density at radius 3 is 2.57 bits per heavy atom. The van der Waals surface area contributed by atoms with E-state index in [4.69, 9.17) is 4.74 Å². The second-order valence-electron chi connectivity index (χ2n) is 3.52.